The molecular formula is C11H13N7OS. The number of nitrogens with two attached hydrogens (primary N) is 2. The van der Waals surface area contributed by atoms with E-state index in [0.717, 1.165) is 5.56 Å². The highest BCUT2D eigenvalue weighted by molar-refractivity contribution is 7.99. The molecule has 1 aromatic carbocycles. The van der Waals surface area contributed by atoms with E-state index in [0.29, 0.717) is 22.6 Å². The number of hydrogen-bond donors (Lipinski definition) is 4. The van der Waals surface area contributed by atoms with E-state index in [2.05, 4.69) is 25.5 Å². The maximum atomic E-state index is 11.6. The zero-order chi connectivity index (χ0) is 14.4. The molecule has 0 radical (unpaired) electrons. The van der Waals surface area contributed by atoms with Gasteiger partial charge >= 0.3 is 5.69 Å². The third-order valence-electron chi connectivity index (χ3n) is 2.34. The van der Waals surface area contributed by atoms with Gasteiger partial charge in [0.25, 0.3) is 0 Å². The predicted molar refractivity (Wildman–Crippen MR) is 77.8 cm³/mol. The molecule has 0 amide bonds. The summed E-state index contributed by atoms with van der Waals surface area (Å²) >= 11 is 1.21. The molecule has 1 aromatic heterocycles. The van der Waals surface area contributed by atoms with Gasteiger partial charge in [-0.3, -0.25) is 4.98 Å². The van der Waals surface area contributed by atoms with Gasteiger partial charge < -0.3 is 11.3 Å². The molecule has 1 heterocycles. The third kappa shape index (κ3) is 3.56. The van der Waals surface area contributed by atoms with E-state index in [-0.39, 0.29) is 0 Å². The summed E-state index contributed by atoms with van der Waals surface area (Å²) in [4.78, 5) is 22.2. The van der Waals surface area contributed by atoms with E-state index in [1.807, 2.05) is 30.3 Å². The van der Waals surface area contributed by atoms with Crippen molar-refractivity contribution in [1.29, 1.82) is 0 Å². The predicted octanol–water partition coefficient (Wildman–Crippen LogP) is -0.341. The molecule has 8 nitrogen and oxygen atoms in total. The number of hydrazine groups is 1. The molecule has 0 unspecified atom stereocenters. The second kappa shape index (κ2) is 6.68. The Morgan fingerprint density at radius 1 is 1.35 bits per heavy atom. The van der Waals surface area contributed by atoms with Crippen molar-refractivity contribution in [3.8, 4) is 11.4 Å². The topological polar surface area (TPSA) is 135 Å². The molecule has 0 saturated carbocycles. The van der Waals surface area contributed by atoms with Gasteiger partial charge in [-0.15, -0.1) is 0 Å². The van der Waals surface area contributed by atoms with Crippen molar-refractivity contribution in [2.45, 2.75) is 5.16 Å². The molecule has 2 rings (SSSR count). The summed E-state index contributed by atoms with van der Waals surface area (Å²) in [6, 6.07) is 9.30. The zero-order valence-electron chi connectivity index (χ0n) is 10.4. The van der Waals surface area contributed by atoms with Crippen molar-refractivity contribution in [2.24, 2.45) is 16.8 Å². The Morgan fingerprint density at radius 3 is 2.75 bits per heavy atom. The molecule has 104 valence electrons. The number of amidine groups is 1. The number of aromatic amines is 1. The Bertz CT molecular complexity index is 655. The van der Waals surface area contributed by atoms with E-state index in [9.17, 15) is 4.79 Å². The van der Waals surface area contributed by atoms with Crippen LogP contribution in [0.15, 0.2) is 45.4 Å². The normalized spacial score (nSPS) is 11.3. The third-order valence-corrected chi connectivity index (χ3v) is 3.20. The van der Waals surface area contributed by atoms with Crippen LogP contribution in [0, 0.1) is 0 Å². The molecule has 9 heteroatoms. The van der Waals surface area contributed by atoms with Crippen LogP contribution in [0.4, 0.5) is 0 Å². The Morgan fingerprint density at radius 2 is 2.10 bits per heavy atom. The molecule has 6 N–H and O–H groups in total. The lowest BCUT2D eigenvalue weighted by atomic mass is 10.2. The van der Waals surface area contributed by atoms with Gasteiger partial charge in [-0.25, -0.2) is 15.6 Å². The summed E-state index contributed by atoms with van der Waals surface area (Å²) in [7, 11) is 0. The second-order valence-corrected chi connectivity index (χ2v) is 4.60. The maximum Gasteiger partial charge on any atom is 0.349 e. The quantitative estimate of drug-likeness (QED) is 0.199. The molecule has 0 spiro atoms. The van der Waals surface area contributed by atoms with Gasteiger partial charge in [0.2, 0.25) is 0 Å². The highest BCUT2D eigenvalue weighted by Crippen LogP contribution is 2.16. The van der Waals surface area contributed by atoms with Gasteiger partial charge in [0.1, 0.15) is 11.7 Å². The molecule has 0 fully saturated rings. The average Bonchev–Trinajstić information content (AvgIpc) is 2.49. The minimum absolute atomic E-state index is 0.323. The van der Waals surface area contributed by atoms with E-state index >= 15 is 0 Å². The van der Waals surface area contributed by atoms with Gasteiger partial charge in [0.05, 0.1) is 5.75 Å². The molecule has 0 aliphatic rings. The molecule has 0 saturated heterocycles. The van der Waals surface area contributed by atoms with Crippen molar-refractivity contribution in [2.75, 3.05) is 5.75 Å². The highest BCUT2D eigenvalue weighted by atomic mass is 32.2. The first kappa shape index (κ1) is 14.0. The van der Waals surface area contributed by atoms with Crippen LogP contribution >= 0.6 is 11.8 Å². The van der Waals surface area contributed by atoms with Crippen molar-refractivity contribution in [3.05, 3.63) is 40.8 Å². The lowest BCUT2D eigenvalue weighted by Gasteiger charge is -2.04. The van der Waals surface area contributed by atoms with E-state index < -0.39 is 5.69 Å². The Kier molecular flexibility index (Phi) is 4.69. The number of aromatic nitrogens is 3. The molecule has 20 heavy (non-hydrogen) atoms. The van der Waals surface area contributed by atoms with Crippen LogP contribution < -0.4 is 22.8 Å². The van der Waals surface area contributed by atoms with Gasteiger partial charge in [-0.05, 0) is 0 Å². The van der Waals surface area contributed by atoms with E-state index in [1.54, 1.807) is 0 Å². The van der Waals surface area contributed by atoms with E-state index in [1.165, 1.54) is 11.8 Å². The molecule has 0 bridgehead atoms. The fourth-order valence-corrected chi connectivity index (χ4v) is 2.14. The fraction of sp³-hybridized carbons (Fsp3) is 0.0909. The highest BCUT2D eigenvalue weighted by Gasteiger charge is 2.07. The number of hydrazone groups is 1. The number of hydrogen-bond acceptors (Lipinski definition) is 7. The van der Waals surface area contributed by atoms with Crippen LogP contribution in [-0.2, 0) is 0 Å². The fourth-order valence-electron chi connectivity index (χ4n) is 1.41. The van der Waals surface area contributed by atoms with Crippen LogP contribution in [0.3, 0.4) is 0 Å². The molecular weight excluding hydrogens is 278 g/mol. The van der Waals surface area contributed by atoms with Crippen LogP contribution in [0.2, 0.25) is 0 Å². The van der Waals surface area contributed by atoms with Gasteiger partial charge in [-0.2, -0.15) is 10.1 Å². The smallest absolute Gasteiger partial charge is 0.322 e. The number of H-pyrrole nitrogens is 1. The Labute approximate surface area is 118 Å². The number of thioether (sulfide) groups is 1. The molecule has 2 aromatic rings. The minimum Gasteiger partial charge on any atom is -0.322 e. The monoisotopic (exact) mass is 291 g/mol. The SMILES string of the molecule is N/N=C(/CSc1nc(-c2ccccc2)[nH]c(=O)n1)NN. The Balaban J connectivity index is 2.24. The van der Waals surface area contributed by atoms with Crippen LogP contribution in [-0.4, -0.2) is 26.5 Å². The van der Waals surface area contributed by atoms with Crippen LogP contribution in [0.1, 0.15) is 0 Å². The average molecular weight is 291 g/mol. The Hall–Kier alpha value is -2.39. The summed E-state index contributed by atoms with van der Waals surface area (Å²) in [6.07, 6.45) is 0. The largest absolute Gasteiger partial charge is 0.349 e. The standard InChI is InChI=1S/C11H13N7OS/c12-17-8(18-13)6-20-11-15-9(14-10(19)16-11)7-4-2-1-3-5-7/h1-5H,6,12-13H2,(H,17,18)(H,14,15,16,19). The summed E-state index contributed by atoms with van der Waals surface area (Å²) in [5, 5.41) is 3.77. The summed E-state index contributed by atoms with van der Waals surface area (Å²) in [5.74, 6) is 11.5. The molecule has 0 aliphatic carbocycles. The van der Waals surface area contributed by atoms with E-state index in [4.69, 9.17) is 11.7 Å². The van der Waals surface area contributed by atoms with Crippen molar-refractivity contribution < 1.29 is 0 Å². The van der Waals surface area contributed by atoms with Crippen molar-refractivity contribution in [3.63, 3.8) is 0 Å². The molecule has 0 atom stereocenters. The summed E-state index contributed by atoms with van der Waals surface area (Å²) in [6.45, 7) is 0. The summed E-state index contributed by atoms with van der Waals surface area (Å²) < 4.78 is 0. The molecule has 0 aliphatic heterocycles. The minimum atomic E-state index is -0.465. The van der Waals surface area contributed by atoms with Gasteiger partial charge in [-0.1, -0.05) is 42.1 Å². The second-order valence-electron chi connectivity index (χ2n) is 3.66. The first-order valence-electron chi connectivity index (χ1n) is 5.63. The first-order valence-corrected chi connectivity index (χ1v) is 6.61. The lowest BCUT2D eigenvalue weighted by Crippen LogP contribution is -2.33. The number of rotatable bonds is 4. The number of nitrogens with one attached hydrogen (secondary N) is 2. The van der Waals surface area contributed by atoms with Crippen LogP contribution in [0.25, 0.3) is 11.4 Å². The number of nitrogens with zero attached hydrogens (tertiary/aromatic N) is 3. The van der Waals surface area contributed by atoms with Crippen LogP contribution in [0.5, 0.6) is 0 Å². The van der Waals surface area contributed by atoms with Crippen molar-refractivity contribution in [1.82, 2.24) is 20.4 Å². The maximum absolute atomic E-state index is 11.6. The number of benzene rings is 1. The first-order chi connectivity index (χ1) is 9.72. The van der Waals surface area contributed by atoms with Crippen molar-refractivity contribution >= 4 is 17.6 Å². The lowest BCUT2D eigenvalue weighted by molar-refractivity contribution is 0.870. The zero-order valence-corrected chi connectivity index (χ0v) is 11.2. The van der Waals surface area contributed by atoms with Gasteiger partial charge in [0, 0.05) is 5.56 Å². The summed E-state index contributed by atoms with van der Waals surface area (Å²) in [5.41, 5.74) is 2.69. The van der Waals surface area contributed by atoms with Gasteiger partial charge in [0.15, 0.2) is 5.16 Å².